The Balaban J connectivity index is 1.81. The molecule has 0 bridgehead atoms. The summed E-state index contributed by atoms with van der Waals surface area (Å²) in [5, 5.41) is 12.8. The van der Waals surface area contributed by atoms with Crippen molar-refractivity contribution >= 4 is 47.0 Å². The highest BCUT2D eigenvalue weighted by molar-refractivity contribution is 7.99. The van der Waals surface area contributed by atoms with E-state index in [1.165, 1.54) is 11.8 Å². The molecule has 0 unspecified atom stereocenters. The molecule has 1 amide bonds. The number of amides is 1. The smallest absolute Gasteiger partial charge is 0.329 e. The van der Waals surface area contributed by atoms with Crippen LogP contribution >= 0.6 is 35.1 Å². The number of hydrogen-bond donors (Lipinski definition) is 2. The first kappa shape index (κ1) is 17.5. The van der Waals surface area contributed by atoms with E-state index in [1.807, 2.05) is 24.3 Å². The summed E-state index contributed by atoms with van der Waals surface area (Å²) in [5.41, 5.74) is 0.00704. The number of carboxylic acid groups (broad SMARTS) is 1. The fourth-order valence-corrected chi connectivity index (χ4v) is 4.36. The Kier molecular flexibility index (Phi) is 6.47. The SMILES string of the molecule is O=C(CSCc1ccc(Cl)cc1)NC1(C(=O)O)CCSCC1. The number of carbonyl (C=O) groups excluding carboxylic acids is 1. The fourth-order valence-electron chi connectivity index (χ4n) is 2.26. The molecule has 1 aromatic carbocycles. The van der Waals surface area contributed by atoms with Gasteiger partial charge in [0.15, 0.2) is 0 Å². The van der Waals surface area contributed by atoms with Gasteiger partial charge in [0.2, 0.25) is 5.91 Å². The van der Waals surface area contributed by atoms with Gasteiger partial charge in [-0.25, -0.2) is 4.79 Å². The van der Waals surface area contributed by atoms with Crippen LogP contribution in [-0.2, 0) is 15.3 Å². The summed E-state index contributed by atoms with van der Waals surface area (Å²) in [6.07, 6.45) is 0.973. The number of halogens is 1. The molecule has 120 valence electrons. The first-order chi connectivity index (χ1) is 10.5. The zero-order chi connectivity index (χ0) is 16.0. The highest BCUT2D eigenvalue weighted by atomic mass is 35.5. The van der Waals surface area contributed by atoms with Crippen molar-refractivity contribution in [2.75, 3.05) is 17.3 Å². The van der Waals surface area contributed by atoms with Crippen LogP contribution in [0.2, 0.25) is 5.02 Å². The molecule has 1 aromatic rings. The zero-order valence-electron chi connectivity index (χ0n) is 12.0. The van der Waals surface area contributed by atoms with Gasteiger partial charge in [-0.2, -0.15) is 11.8 Å². The molecule has 0 atom stereocenters. The van der Waals surface area contributed by atoms with Gasteiger partial charge in [0, 0.05) is 10.8 Å². The molecule has 1 aliphatic rings. The van der Waals surface area contributed by atoms with Crippen molar-refractivity contribution in [2.24, 2.45) is 0 Å². The van der Waals surface area contributed by atoms with E-state index in [9.17, 15) is 14.7 Å². The lowest BCUT2D eigenvalue weighted by Gasteiger charge is -2.33. The van der Waals surface area contributed by atoms with Crippen LogP contribution in [0.4, 0.5) is 0 Å². The van der Waals surface area contributed by atoms with Gasteiger partial charge < -0.3 is 10.4 Å². The number of nitrogens with one attached hydrogen (secondary N) is 1. The largest absolute Gasteiger partial charge is 0.480 e. The minimum absolute atomic E-state index is 0.215. The molecule has 1 heterocycles. The monoisotopic (exact) mass is 359 g/mol. The fraction of sp³-hybridized carbons (Fsp3) is 0.467. The van der Waals surface area contributed by atoms with Crippen molar-refractivity contribution in [3.05, 3.63) is 34.9 Å². The van der Waals surface area contributed by atoms with E-state index in [-0.39, 0.29) is 11.7 Å². The quantitative estimate of drug-likeness (QED) is 0.817. The molecule has 1 fully saturated rings. The third kappa shape index (κ3) is 4.83. The van der Waals surface area contributed by atoms with Gasteiger partial charge in [-0.1, -0.05) is 23.7 Å². The van der Waals surface area contributed by atoms with Crippen molar-refractivity contribution in [3.8, 4) is 0 Å². The maximum Gasteiger partial charge on any atom is 0.329 e. The van der Waals surface area contributed by atoms with Gasteiger partial charge in [-0.3, -0.25) is 4.79 Å². The molecule has 0 spiro atoms. The van der Waals surface area contributed by atoms with Crippen LogP contribution < -0.4 is 5.32 Å². The number of carboxylic acids is 1. The number of rotatable bonds is 6. The Bertz CT molecular complexity index is 530. The van der Waals surface area contributed by atoms with E-state index in [4.69, 9.17) is 11.6 Å². The van der Waals surface area contributed by atoms with Crippen LogP contribution in [0, 0.1) is 0 Å². The van der Waals surface area contributed by atoms with Crippen molar-refractivity contribution in [1.29, 1.82) is 0 Å². The van der Waals surface area contributed by atoms with Gasteiger partial charge in [0.05, 0.1) is 5.75 Å². The molecular weight excluding hydrogens is 342 g/mol. The van der Waals surface area contributed by atoms with Crippen LogP contribution in [0.3, 0.4) is 0 Å². The summed E-state index contributed by atoms with van der Waals surface area (Å²) in [6, 6.07) is 7.47. The summed E-state index contributed by atoms with van der Waals surface area (Å²) >= 11 is 9.01. The predicted octanol–water partition coefficient (Wildman–Crippen LogP) is 3.04. The van der Waals surface area contributed by atoms with E-state index < -0.39 is 11.5 Å². The standard InChI is InChI=1S/C15H18ClNO3S2/c16-12-3-1-11(2-4-12)9-22-10-13(18)17-15(14(19)20)5-7-21-8-6-15/h1-4H,5-10H2,(H,17,18)(H,19,20). The van der Waals surface area contributed by atoms with E-state index in [0.717, 1.165) is 17.1 Å². The molecule has 0 aliphatic carbocycles. The highest BCUT2D eigenvalue weighted by Crippen LogP contribution is 2.27. The van der Waals surface area contributed by atoms with Crippen molar-refractivity contribution in [3.63, 3.8) is 0 Å². The van der Waals surface area contributed by atoms with E-state index >= 15 is 0 Å². The summed E-state index contributed by atoms with van der Waals surface area (Å²) in [4.78, 5) is 23.5. The topological polar surface area (TPSA) is 66.4 Å². The van der Waals surface area contributed by atoms with Crippen LogP contribution in [0.1, 0.15) is 18.4 Å². The van der Waals surface area contributed by atoms with Crippen molar-refractivity contribution < 1.29 is 14.7 Å². The number of aliphatic carboxylic acids is 1. The lowest BCUT2D eigenvalue weighted by atomic mass is 9.92. The average Bonchev–Trinajstić information content (AvgIpc) is 2.50. The first-order valence-corrected chi connectivity index (χ1v) is 9.65. The van der Waals surface area contributed by atoms with Crippen LogP contribution in [0.15, 0.2) is 24.3 Å². The Morgan fingerprint density at radius 1 is 1.27 bits per heavy atom. The Hall–Kier alpha value is -0.850. The lowest BCUT2D eigenvalue weighted by molar-refractivity contribution is -0.147. The van der Waals surface area contributed by atoms with Crippen LogP contribution in [-0.4, -0.2) is 39.8 Å². The number of carbonyl (C=O) groups is 2. The Labute approximate surface area is 143 Å². The third-order valence-electron chi connectivity index (χ3n) is 3.55. The molecule has 2 N–H and O–H groups in total. The molecule has 4 nitrogen and oxygen atoms in total. The third-order valence-corrected chi connectivity index (χ3v) is 5.79. The lowest BCUT2D eigenvalue weighted by Crippen LogP contribution is -2.57. The molecule has 22 heavy (non-hydrogen) atoms. The van der Waals surface area contributed by atoms with Gasteiger partial charge in [-0.05, 0) is 42.0 Å². The minimum atomic E-state index is -1.08. The van der Waals surface area contributed by atoms with Gasteiger partial charge >= 0.3 is 5.97 Å². The van der Waals surface area contributed by atoms with Crippen molar-refractivity contribution in [2.45, 2.75) is 24.1 Å². The minimum Gasteiger partial charge on any atom is -0.480 e. The van der Waals surface area contributed by atoms with E-state index in [2.05, 4.69) is 5.32 Å². The summed E-state index contributed by atoms with van der Waals surface area (Å²) in [6.45, 7) is 0. The maximum absolute atomic E-state index is 12.0. The molecular formula is C15H18ClNO3S2. The Morgan fingerprint density at radius 2 is 1.91 bits per heavy atom. The number of thioether (sulfide) groups is 2. The molecule has 0 aromatic heterocycles. The average molecular weight is 360 g/mol. The maximum atomic E-state index is 12.0. The first-order valence-electron chi connectivity index (χ1n) is 6.96. The molecule has 2 rings (SSSR count). The van der Waals surface area contributed by atoms with E-state index in [1.54, 1.807) is 11.8 Å². The molecule has 0 saturated carbocycles. The predicted molar refractivity (Wildman–Crippen MR) is 92.7 cm³/mol. The van der Waals surface area contributed by atoms with Crippen LogP contribution in [0.25, 0.3) is 0 Å². The number of benzene rings is 1. The van der Waals surface area contributed by atoms with Gasteiger partial charge in [0.1, 0.15) is 5.54 Å². The van der Waals surface area contributed by atoms with E-state index in [0.29, 0.717) is 23.6 Å². The second-order valence-corrected chi connectivity index (χ2v) is 7.81. The summed E-state index contributed by atoms with van der Waals surface area (Å²) in [7, 11) is 0. The molecule has 1 saturated heterocycles. The zero-order valence-corrected chi connectivity index (χ0v) is 14.4. The second kappa shape index (κ2) is 8.13. The van der Waals surface area contributed by atoms with Gasteiger partial charge in [-0.15, -0.1) is 11.8 Å². The Morgan fingerprint density at radius 3 is 2.50 bits per heavy atom. The highest BCUT2D eigenvalue weighted by Gasteiger charge is 2.41. The molecule has 0 radical (unpaired) electrons. The summed E-state index contributed by atoms with van der Waals surface area (Å²) in [5.74, 6) is 1.34. The molecule has 7 heteroatoms. The second-order valence-electron chi connectivity index (χ2n) is 5.17. The van der Waals surface area contributed by atoms with Crippen LogP contribution in [0.5, 0.6) is 0 Å². The molecule has 1 aliphatic heterocycles. The summed E-state index contributed by atoms with van der Waals surface area (Å²) < 4.78 is 0. The van der Waals surface area contributed by atoms with Gasteiger partial charge in [0.25, 0.3) is 0 Å². The van der Waals surface area contributed by atoms with Crippen molar-refractivity contribution in [1.82, 2.24) is 5.32 Å². The normalized spacial score (nSPS) is 17.0. The number of hydrogen-bond acceptors (Lipinski definition) is 4.